The van der Waals surface area contributed by atoms with E-state index in [0.29, 0.717) is 53.0 Å². The van der Waals surface area contributed by atoms with Crippen molar-refractivity contribution >= 4 is 17.5 Å². The Morgan fingerprint density at radius 3 is 2.43 bits per heavy atom. The Bertz CT molecular complexity index is 1690. The largest absolute Gasteiger partial charge is 0.493 e. The highest BCUT2D eigenvalue weighted by molar-refractivity contribution is 6.01. The summed E-state index contributed by atoms with van der Waals surface area (Å²) in [6, 6.07) is 14.7. The molecule has 1 fully saturated rings. The third kappa shape index (κ3) is 6.72. The second kappa shape index (κ2) is 13.8. The summed E-state index contributed by atoms with van der Waals surface area (Å²) in [7, 11) is 3.07. The normalized spacial score (nSPS) is 15.1. The maximum Gasteiger partial charge on any atom is 0.251 e. The lowest BCUT2D eigenvalue weighted by Crippen LogP contribution is -2.48. The molecule has 6 rings (SSSR count). The van der Waals surface area contributed by atoms with Crippen LogP contribution >= 0.6 is 0 Å². The zero-order valence-electron chi connectivity index (χ0n) is 25.6. The number of fused-ring (bicyclic) bond motifs is 1. The maximum absolute atomic E-state index is 14.3. The van der Waals surface area contributed by atoms with E-state index in [-0.39, 0.29) is 24.3 Å². The molecule has 2 aliphatic rings. The van der Waals surface area contributed by atoms with Crippen LogP contribution in [0.2, 0.25) is 0 Å². The van der Waals surface area contributed by atoms with Crippen LogP contribution in [0.15, 0.2) is 60.7 Å². The SMILES string of the molecule is COc1ccc(-c2nnn(CC(=O)N(c3ccc4c(c3)OCCO4)[C@H](C(=O)NC3CCCCC3)c3ccc(F)cc3)n2)cc1OC. The minimum Gasteiger partial charge on any atom is -0.493 e. The van der Waals surface area contributed by atoms with Crippen LogP contribution in [0, 0.1) is 5.82 Å². The fraction of sp³-hybridized carbons (Fsp3) is 0.364. The number of methoxy groups -OCH3 is 2. The molecule has 0 unspecified atom stereocenters. The van der Waals surface area contributed by atoms with Crippen LogP contribution in [-0.2, 0) is 16.1 Å². The maximum atomic E-state index is 14.3. The van der Waals surface area contributed by atoms with E-state index in [2.05, 4.69) is 20.7 Å². The van der Waals surface area contributed by atoms with Gasteiger partial charge in [0.25, 0.3) is 5.91 Å². The van der Waals surface area contributed by atoms with E-state index in [1.54, 1.807) is 43.5 Å². The first-order valence-electron chi connectivity index (χ1n) is 15.2. The number of hydrogen-bond donors (Lipinski definition) is 1. The van der Waals surface area contributed by atoms with E-state index < -0.39 is 17.8 Å². The average Bonchev–Trinajstić information content (AvgIpc) is 3.55. The van der Waals surface area contributed by atoms with Crippen molar-refractivity contribution < 1.29 is 32.9 Å². The molecule has 0 spiro atoms. The van der Waals surface area contributed by atoms with Crippen LogP contribution in [0.4, 0.5) is 10.1 Å². The summed E-state index contributed by atoms with van der Waals surface area (Å²) in [4.78, 5) is 31.0. The number of anilines is 1. The summed E-state index contributed by atoms with van der Waals surface area (Å²) >= 11 is 0. The van der Waals surface area contributed by atoms with Gasteiger partial charge in [0, 0.05) is 23.4 Å². The number of ether oxygens (including phenoxy) is 4. The number of carbonyl (C=O) groups excluding carboxylic acids is 2. The number of nitrogens with zero attached hydrogens (tertiary/aromatic N) is 5. The van der Waals surface area contributed by atoms with E-state index in [1.165, 1.54) is 41.1 Å². The molecule has 240 valence electrons. The minimum absolute atomic E-state index is 0.0255. The molecular formula is C33H35FN6O6. The summed E-state index contributed by atoms with van der Waals surface area (Å²) in [6.45, 7) is 0.399. The predicted octanol–water partition coefficient (Wildman–Crippen LogP) is 4.49. The number of benzene rings is 3. The van der Waals surface area contributed by atoms with E-state index in [4.69, 9.17) is 18.9 Å². The van der Waals surface area contributed by atoms with Crippen LogP contribution in [0.25, 0.3) is 11.4 Å². The van der Waals surface area contributed by atoms with Gasteiger partial charge in [-0.15, -0.1) is 10.2 Å². The molecule has 0 saturated heterocycles. The van der Waals surface area contributed by atoms with Crippen LogP contribution in [-0.4, -0.2) is 65.5 Å². The zero-order valence-corrected chi connectivity index (χ0v) is 25.6. The molecule has 1 aliphatic heterocycles. The van der Waals surface area contributed by atoms with Crippen molar-refractivity contribution in [1.82, 2.24) is 25.5 Å². The Morgan fingerprint density at radius 2 is 1.70 bits per heavy atom. The van der Waals surface area contributed by atoms with Gasteiger partial charge in [-0.25, -0.2) is 4.39 Å². The van der Waals surface area contributed by atoms with Gasteiger partial charge in [-0.05, 0) is 66.1 Å². The Hall–Kier alpha value is -5.20. The monoisotopic (exact) mass is 630 g/mol. The summed E-state index contributed by atoms with van der Waals surface area (Å²) < 4.78 is 36.3. The third-order valence-corrected chi connectivity index (χ3v) is 8.09. The van der Waals surface area contributed by atoms with Crippen molar-refractivity contribution in [2.75, 3.05) is 32.3 Å². The summed E-state index contributed by atoms with van der Waals surface area (Å²) in [6.07, 6.45) is 4.84. The minimum atomic E-state index is -1.13. The number of amides is 2. The first-order chi connectivity index (χ1) is 22.4. The molecule has 1 atom stereocenters. The van der Waals surface area contributed by atoms with Crippen molar-refractivity contribution in [1.29, 1.82) is 0 Å². The zero-order chi connectivity index (χ0) is 32.0. The van der Waals surface area contributed by atoms with E-state index in [1.807, 2.05) is 0 Å². The Morgan fingerprint density at radius 1 is 0.957 bits per heavy atom. The van der Waals surface area contributed by atoms with Gasteiger partial charge in [0.05, 0.1) is 14.2 Å². The average molecular weight is 631 g/mol. The molecule has 2 amide bonds. The van der Waals surface area contributed by atoms with Crippen molar-refractivity contribution in [3.8, 4) is 34.4 Å². The van der Waals surface area contributed by atoms with Gasteiger partial charge in [-0.2, -0.15) is 4.80 Å². The number of rotatable bonds is 10. The topological polar surface area (TPSA) is 130 Å². The molecule has 1 aromatic heterocycles. The van der Waals surface area contributed by atoms with E-state index in [9.17, 15) is 14.0 Å². The smallest absolute Gasteiger partial charge is 0.251 e. The molecule has 2 heterocycles. The molecule has 12 nitrogen and oxygen atoms in total. The van der Waals surface area contributed by atoms with Crippen molar-refractivity contribution in [3.63, 3.8) is 0 Å². The highest BCUT2D eigenvalue weighted by Gasteiger charge is 2.35. The first-order valence-corrected chi connectivity index (χ1v) is 15.2. The van der Waals surface area contributed by atoms with Crippen LogP contribution in [0.5, 0.6) is 23.0 Å². The molecule has 46 heavy (non-hydrogen) atoms. The third-order valence-electron chi connectivity index (χ3n) is 8.09. The van der Waals surface area contributed by atoms with Gasteiger partial charge in [-0.1, -0.05) is 31.4 Å². The predicted molar refractivity (Wildman–Crippen MR) is 165 cm³/mol. The lowest BCUT2D eigenvalue weighted by Gasteiger charge is -2.34. The molecular weight excluding hydrogens is 595 g/mol. The molecule has 1 N–H and O–H groups in total. The number of tetrazole rings is 1. The van der Waals surface area contributed by atoms with Crippen LogP contribution in [0.1, 0.15) is 43.7 Å². The van der Waals surface area contributed by atoms with Crippen molar-refractivity contribution in [2.24, 2.45) is 0 Å². The van der Waals surface area contributed by atoms with Gasteiger partial charge in [0.15, 0.2) is 23.0 Å². The van der Waals surface area contributed by atoms with Gasteiger partial charge in [0.1, 0.15) is 31.6 Å². The van der Waals surface area contributed by atoms with E-state index >= 15 is 0 Å². The summed E-state index contributed by atoms with van der Waals surface area (Å²) in [5, 5.41) is 15.9. The molecule has 1 saturated carbocycles. The Balaban J connectivity index is 1.36. The molecule has 0 radical (unpaired) electrons. The Kier molecular flexibility index (Phi) is 9.27. The number of halogens is 1. The highest BCUT2D eigenvalue weighted by atomic mass is 19.1. The summed E-state index contributed by atoms with van der Waals surface area (Å²) in [5.41, 5.74) is 1.44. The second-order valence-electron chi connectivity index (χ2n) is 11.1. The van der Waals surface area contributed by atoms with Crippen molar-refractivity contribution in [2.45, 2.75) is 50.7 Å². The van der Waals surface area contributed by atoms with Gasteiger partial charge < -0.3 is 24.3 Å². The lowest BCUT2D eigenvalue weighted by atomic mass is 9.94. The molecule has 0 bridgehead atoms. The number of nitrogens with one attached hydrogen (secondary N) is 1. The lowest BCUT2D eigenvalue weighted by molar-refractivity contribution is -0.127. The molecule has 4 aromatic rings. The second-order valence-corrected chi connectivity index (χ2v) is 11.1. The van der Waals surface area contributed by atoms with Gasteiger partial charge >= 0.3 is 0 Å². The van der Waals surface area contributed by atoms with E-state index in [0.717, 1.165) is 32.1 Å². The van der Waals surface area contributed by atoms with Crippen LogP contribution < -0.4 is 29.2 Å². The van der Waals surface area contributed by atoms with Gasteiger partial charge in [-0.3, -0.25) is 14.5 Å². The highest BCUT2D eigenvalue weighted by Crippen LogP contribution is 2.38. The standard InChI is InChI=1S/C33H35FN6O6/c1-43-26-14-10-22(18-28(26)44-2)32-36-38-39(37-32)20-30(41)40(25-13-15-27-29(19-25)46-17-16-45-27)31(21-8-11-23(34)12-9-21)33(42)35-24-6-4-3-5-7-24/h8-15,18-19,24,31H,3-7,16-17,20H2,1-2H3,(H,35,42)/t31-/m0/s1. The fourth-order valence-electron chi connectivity index (χ4n) is 5.81. The van der Waals surface area contributed by atoms with Crippen LogP contribution in [0.3, 0.4) is 0 Å². The number of hydrogen-bond acceptors (Lipinski definition) is 9. The number of carbonyl (C=O) groups is 2. The molecule has 3 aromatic carbocycles. The molecule has 1 aliphatic carbocycles. The fourth-order valence-corrected chi connectivity index (χ4v) is 5.81. The number of aromatic nitrogens is 4. The quantitative estimate of drug-likeness (QED) is 0.269. The Labute approximate surface area is 265 Å². The van der Waals surface area contributed by atoms with Gasteiger partial charge in [0.2, 0.25) is 11.7 Å². The van der Waals surface area contributed by atoms with Crippen molar-refractivity contribution in [3.05, 3.63) is 72.0 Å². The molecule has 13 heteroatoms. The summed E-state index contributed by atoms with van der Waals surface area (Å²) in [5.74, 6) is 0.948. The first kappa shape index (κ1) is 30.8.